The van der Waals surface area contributed by atoms with Crippen LogP contribution in [0.15, 0.2) is 134 Å². The molecule has 0 bridgehead atoms. The van der Waals surface area contributed by atoms with Crippen LogP contribution in [0.25, 0.3) is 0 Å². The molecule has 0 aromatic rings. The van der Waals surface area contributed by atoms with Crippen LogP contribution in [0.3, 0.4) is 0 Å². The molecule has 0 aromatic heterocycles. The normalized spacial score (nSPS) is 14.7. The number of rotatable bonds is 71. The maximum atomic E-state index is 13.1. The van der Waals surface area contributed by atoms with Crippen LogP contribution in [0, 0.1) is 0 Å². The van der Waals surface area contributed by atoms with Crippen molar-refractivity contribution >= 4 is 39.5 Å². The molecule has 0 spiro atoms. The number of unbranched alkanes of at least 4 members (excludes halogenated alkanes) is 23. The Kier molecular flexibility index (Phi) is 69.1. The number of phosphoric acid groups is 2. The molecule has 0 saturated carbocycles. The Morgan fingerprint density at radius 2 is 0.550 bits per heavy atom. The molecule has 0 aromatic carbocycles. The summed E-state index contributed by atoms with van der Waals surface area (Å²) in [5.41, 5.74) is 0. The summed E-state index contributed by atoms with van der Waals surface area (Å²) < 4.78 is 68.4. The lowest BCUT2D eigenvalue weighted by Gasteiger charge is -2.21. The third kappa shape index (κ3) is 71.6. The van der Waals surface area contributed by atoms with Crippen molar-refractivity contribution < 1.29 is 80.2 Å². The first-order chi connectivity index (χ1) is 48.7. The lowest BCUT2D eigenvalue weighted by atomic mass is 10.1. The molecular weight excluding hydrogens is 1310 g/mol. The number of carbonyl (C=O) groups excluding carboxylic acids is 4. The Hall–Kier alpha value is -4.80. The molecule has 0 aliphatic rings. The van der Waals surface area contributed by atoms with Gasteiger partial charge in [-0.15, -0.1) is 0 Å². The maximum Gasteiger partial charge on any atom is 0.472 e. The van der Waals surface area contributed by atoms with E-state index in [0.717, 1.165) is 186 Å². The lowest BCUT2D eigenvalue weighted by molar-refractivity contribution is -0.161. The van der Waals surface area contributed by atoms with Crippen LogP contribution in [-0.4, -0.2) is 96.7 Å². The van der Waals surface area contributed by atoms with Crippen LogP contribution in [0.4, 0.5) is 0 Å². The highest BCUT2D eigenvalue weighted by atomic mass is 31.2. The summed E-state index contributed by atoms with van der Waals surface area (Å²) in [7, 11) is -9.98. The van der Waals surface area contributed by atoms with Gasteiger partial charge in [0.2, 0.25) is 0 Å². The quantitative estimate of drug-likeness (QED) is 0.0169. The number of esters is 4. The van der Waals surface area contributed by atoms with E-state index in [1.807, 2.05) is 12.2 Å². The molecule has 0 saturated heterocycles. The second-order valence-electron chi connectivity index (χ2n) is 25.2. The molecular formula is C81H136O17P2. The molecule has 0 aliphatic carbocycles. The summed E-state index contributed by atoms with van der Waals surface area (Å²) in [5.74, 6) is -2.28. The van der Waals surface area contributed by atoms with Crippen molar-refractivity contribution in [3.05, 3.63) is 134 Å². The minimum Gasteiger partial charge on any atom is -0.462 e. The van der Waals surface area contributed by atoms with Crippen LogP contribution in [0.5, 0.6) is 0 Å². The lowest BCUT2D eigenvalue weighted by Crippen LogP contribution is -2.30. The van der Waals surface area contributed by atoms with Gasteiger partial charge in [0.25, 0.3) is 0 Å². The summed E-state index contributed by atoms with van der Waals surface area (Å²) in [6.45, 7) is 4.46. The molecule has 17 nitrogen and oxygen atoms in total. The van der Waals surface area contributed by atoms with Gasteiger partial charge in [-0.05, 0) is 148 Å². The fourth-order valence-corrected chi connectivity index (χ4v) is 11.4. The Morgan fingerprint density at radius 3 is 0.890 bits per heavy atom. The van der Waals surface area contributed by atoms with Crippen LogP contribution in [0.2, 0.25) is 0 Å². The maximum absolute atomic E-state index is 13.1. The summed E-state index contributed by atoms with van der Waals surface area (Å²) in [6, 6.07) is 0. The van der Waals surface area contributed by atoms with Gasteiger partial charge in [-0.3, -0.25) is 37.3 Å². The standard InChI is InChI=1S/C81H136O17P2/c1-5-9-13-17-21-25-29-33-35-37-39-43-45-49-53-57-61-65-78(83)91-71-76(97-80(85)67-63-59-55-51-47-41-31-27-23-19-15-11-7-3)73-95-99(87,88)93-69-75(82)70-94-100(89,90)96-74-77(98-81(86)68-64-60-56-52-48-42-32-28-24-20-16-12-8-4)72-92-79(84)66-62-58-54-50-46-44-40-38-36-34-30-26-22-18-14-10-6-2/h9-10,13-15,19,21-22,25-28,31-36,39,43,49,53,75-77,82H,5-8,11-12,16-18,20,23-24,29-30,37-38,40-42,44-48,50-52,54-74H2,1-4H3,(H,87,88)(H,89,90)/b13-9-,14-10-,19-15-,25-21-,26-22-,31-27-,32-28-,35-33-,36-34-,43-39-,53-49-. The Morgan fingerprint density at radius 1 is 0.290 bits per heavy atom. The molecule has 572 valence electrons. The van der Waals surface area contributed by atoms with E-state index in [0.29, 0.717) is 32.1 Å². The van der Waals surface area contributed by atoms with E-state index in [1.165, 1.54) is 25.7 Å². The molecule has 3 N–H and O–H groups in total. The van der Waals surface area contributed by atoms with Crippen molar-refractivity contribution in [3.8, 4) is 0 Å². The minimum atomic E-state index is -4.99. The first-order valence-electron chi connectivity index (χ1n) is 38.4. The van der Waals surface area contributed by atoms with E-state index < -0.39 is 97.5 Å². The fourth-order valence-electron chi connectivity index (χ4n) is 9.77. The predicted molar refractivity (Wildman–Crippen MR) is 408 cm³/mol. The van der Waals surface area contributed by atoms with Crippen molar-refractivity contribution in [2.24, 2.45) is 0 Å². The van der Waals surface area contributed by atoms with Gasteiger partial charge in [0, 0.05) is 25.7 Å². The summed E-state index contributed by atoms with van der Waals surface area (Å²) >= 11 is 0. The smallest absolute Gasteiger partial charge is 0.462 e. The Labute approximate surface area is 605 Å². The van der Waals surface area contributed by atoms with Gasteiger partial charge in [-0.1, -0.05) is 258 Å². The van der Waals surface area contributed by atoms with Crippen molar-refractivity contribution in [3.63, 3.8) is 0 Å². The number of hydrogen-bond donors (Lipinski definition) is 3. The Balaban J connectivity index is 5.40. The summed E-state index contributed by atoms with van der Waals surface area (Å²) in [4.78, 5) is 72.9. The zero-order valence-corrected chi connectivity index (χ0v) is 64.1. The first kappa shape index (κ1) is 95.2. The molecule has 0 heterocycles. The number of carbonyl (C=O) groups is 4. The Bertz CT molecular complexity index is 2420. The highest BCUT2D eigenvalue weighted by molar-refractivity contribution is 7.47. The monoisotopic (exact) mass is 1440 g/mol. The average Bonchev–Trinajstić information content (AvgIpc) is 0.943. The molecule has 0 rings (SSSR count). The predicted octanol–water partition coefficient (Wildman–Crippen LogP) is 22.1. The SMILES string of the molecule is CC/C=C\C/C=C\C/C=C\C/C=C\C/C=C\CCCC(=O)OCC(COP(=O)(O)OCC(O)COP(=O)(O)OCC(COC(=O)CCCCCCCCC/C=C\C/C=C\C/C=C\CC)OC(=O)CCCCCCC/C=C\CCCCCC)OC(=O)CCCCCCC/C=C\C/C=C\CCC. The topological polar surface area (TPSA) is 237 Å². The van der Waals surface area contributed by atoms with Crippen molar-refractivity contribution in [2.45, 2.75) is 316 Å². The molecule has 19 heteroatoms. The highest BCUT2D eigenvalue weighted by Crippen LogP contribution is 2.45. The number of aliphatic hydroxyl groups excluding tert-OH is 1. The van der Waals surface area contributed by atoms with Crippen LogP contribution >= 0.6 is 15.6 Å². The van der Waals surface area contributed by atoms with Crippen LogP contribution < -0.4 is 0 Å². The average molecular weight is 1440 g/mol. The molecule has 5 atom stereocenters. The van der Waals surface area contributed by atoms with E-state index in [1.54, 1.807) is 0 Å². The van der Waals surface area contributed by atoms with Crippen molar-refractivity contribution in [1.29, 1.82) is 0 Å². The molecule has 5 unspecified atom stereocenters. The fraction of sp³-hybridized carbons (Fsp3) is 0.679. The van der Waals surface area contributed by atoms with Gasteiger partial charge in [0.15, 0.2) is 12.2 Å². The van der Waals surface area contributed by atoms with E-state index >= 15 is 0 Å². The number of hydrogen-bond acceptors (Lipinski definition) is 15. The molecule has 100 heavy (non-hydrogen) atoms. The number of allylic oxidation sites excluding steroid dienone is 22. The largest absolute Gasteiger partial charge is 0.472 e. The van der Waals surface area contributed by atoms with Gasteiger partial charge < -0.3 is 33.8 Å². The number of aliphatic hydroxyl groups is 1. The highest BCUT2D eigenvalue weighted by Gasteiger charge is 2.30. The number of ether oxygens (including phenoxy) is 4. The third-order valence-corrected chi connectivity index (χ3v) is 17.5. The molecule has 0 radical (unpaired) electrons. The molecule has 0 amide bonds. The second kappa shape index (κ2) is 72.5. The first-order valence-corrected chi connectivity index (χ1v) is 41.4. The second-order valence-corrected chi connectivity index (χ2v) is 28.1. The van der Waals surface area contributed by atoms with Crippen molar-refractivity contribution in [2.75, 3.05) is 39.6 Å². The van der Waals surface area contributed by atoms with E-state index in [-0.39, 0.29) is 25.7 Å². The van der Waals surface area contributed by atoms with Crippen LogP contribution in [-0.2, 0) is 65.4 Å². The van der Waals surface area contributed by atoms with Gasteiger partial charge in [0.1, 0.15) is 19.3 Å². The van der Waals surface area contributed by atoms with E-state index in [9.17, 15) is 43.2 Å². The third-order valence-electron chi connectivity index (χ3n) is 15.6. The summed E-state index contributed by atoms with van der Waals surface area (Å²) in [5, 5.41) is 10.6. The van der Waals surface area contributed by atoms with Gasteiger partial charge in [-0.2, -0.15) is 0 Å². The van der Waals surface area contributed by atoms with Crippen LogP contribution in [0.1, 0.15) is 297 Å². The van der Waals surface area contributed by atoms with E-state index in [4.69, 9.17) is 37.0 Å². The minimum absolute atomic E-state index is 0.0632. The van der Waals surface area contributed by atoms with Gasteiger partial charge >= 0.3 is 39.5 Å². The molecule has 0 fully saturated rings. The summed E-state index contributed by atoms with van der Waals surface area (Å²) in [6.07, 6.45) is 80.2. The zero-order chi connectivity index (χ0) is 73.2. The zero-order valence-electron chi connectivity index (χ0n) is 62.3. The van der Waals surface area contributed by atoms with E-state index in [2.05, 4.69) is 149 Å². The molecule has 0 aliphatic heterocycles. The van der Waals surface area contributed by atoms with Gasteiger partial charge in [0.05, 0.1) is 26.4 Å². The number of phosphoric ester groups is 2. The van der Waals surface area contributed by atoms with Crippen molar-refractivity contribution in [1.82, 2.24) is 0 Å². The van der Waals surface area contributed by atoms with Gasteiger partial charge in [-0.25, -0.2) is 9.13 Å².